The van der Waals surface area contributed by atoms with E-state index in [1.165, 1.54) is 11.5 Å². The fourth-order valence-electron chi connectivity index (χ4n) is 2.36. The first-order chi connectivity index (χ1) is 9.05. The molecule has 1 N–H and O–H groups in total. The molecule has 3 rings (SSSR count). The Morgan fingerprint density at radius 3 is 2.47 bits per heavy atom. The number of rotatable bonds is 4. The van der Waals surface area contributed by atoms with Crippen molar-refractivity contribution >= 4 is 26.7 Å². The van der Waals surface area contributed by atoms with E-state index in [1.54, 1.807) is 4.31 Å². The highest BCUT2D eigenvalue weighted by atomic mass is 32.2. The molecule has 0 amide bonds. The Hall–Kier alpha value is -0.730. The van der Waals surface area contributed by atoms with E-state index in [-0.39, 0.29) is 5.25 Å². The number of aryl methyl sites for hydroxylation is 1. The van der Waals surface area contributed by atoms with Gasteiger partial charge in [0.2, 0.25) is 15.2 Å². The summed E-state index contributed by atoms with van der Waals surface area (Å²) >= 11 is 1.36. The molecule has 1 aromatic rings. The van der Waals surface area contributed by atoms with Crippen LogP contribution in [0.15, 0.2) is 0 Å². The van der Waals surface area contributed by atoms with Crippen LogP contribution in [0, 0.1) is 6.92 Å². The van der Waals surface area contributed by atoms with Gasteiger partial charge in [0.25, 0.3) is 0 Å². The second-order valence-corrected chi connectivity index (χ2v) is 8.17. The molecule has 0 radical (unpaired) electrons. The molecule has 2 heterocycles. The van der Waals surface area contributed by atoms with Gasteiger partial charge in [0, 0.05) is 30.7 Å². The molecule has 8 heteroatoms. The Morgan fingerprint density at radius 1 is 1.26 bits per heavy atom. The standard InChI is InChI=1S/C11H18N4O2S2/c1-8-12-11(18-14-8)13-9-4-6-15(7-5-9)19(16,17)10-2-3-10/h9-10H,2-7H2,1H3,(H,12,13,14). The minimum absolute atomic E-state index is 0.0946. The lowest BCUT2D eigenvalue weighted by atomic mass is 10.1. The molecule has 0 unspecified atom stereocenters. The molecule has 19 heavy (non-hydrogen) atoms. The monoisotopic (exact) mass is 302 g/mol. The molecule has 1 aromatic heterocycles. The van der Waals surface area contributed by atoms with Crippen molar-refractivity contribution in [2.24, 2.45) is 0 Å². The van der Waals surface area contributed by atoms with E-state index >= 15 is 0 Å². The topological polar surface area (TPSA) is 75.2 Å². The molecule has 1 aliphatic carbocycles. The largest absolute Gasteiger partial charge is 0.357 e. The van der Waals surface area contributed by atoms with Gasteiger partial charge in [-0.05, 0) is 32.6 Å². The van der Waals surface area contributed by atoms with Gasteiger partial charge in [-0.25, -0.2) is 17.7 Å². The number of sulfonamides is 1. The Kier molecular flexibility index (Phi) is 3.48. The first kappa shape index (κ1) is 13.3. The predicted octanol–water partition coefficient (Wildman–Crippen LogP) is 1.22. The first-order valence-electron chi connectivity index (χ1n) is 6.61. The number of piperidine rings is 1. The van der Waals surface area contributed by atoms with Crippen LogP contribution in [0.1, 0.15) is 31.5 Å². The summed E-state index contributed by atoms with van der Waals surface area (Å²) in [5, 5.41) is 4.08. The van der Waals surface area contributed by atoms with E-state index in [1.807, 2.05) is 6.92 Å². The molecule has 0 spiro atoms. The number of hydrogen-bond donors (Lipinski definition) is 1. The lowest BCUT2D eigenvalue weighted by Gasteiger charge is -2.31. The number of hydrogen-bond acceptors (Lipinski definition) is 6. The molecular formula is C11H18N4O2S2. The van der Waals surface area contributed by atoms with Crippen molar-refractivity contribution in [1.29, 1.82) is 0 Å². The Bertz CT molecular complexity index is 545. The summed E-state index contributed by atoms with van der Waals surface area (Å²) in [6, 6.07) is 0.304. The fraction of sp³-hybridized carbons (Fsp3) is 0.818. The SMILES string of the molecule is Cc1nsc(NC2CCN(S(=O)(=O)C3CC3)CC2)n1. The van der Waals surface area contributed by atoms with Crippen molar-refractivity contribution in [3.63, 3.8) is 0 Å². The lowest BCUT2D eigenvalue weighted by molar-refractivity contribution is 0.329. The summed E-state index contributed by atoms with van der Waals surface area (Å²) in [7, 11) is -3.00. The van der Waals surface area contributed by atoms with Crippen LogP contribution in [0.25, 0.3) is 0 Å². The summed E-state index contributed by atoms with van der Waals surface area (Å²) in [4.78, 5) is 4.28. The highest BCUT2D eigenvalue weighted by molar-refractivity contribution is 7.90. The molecule has 6 nitrogen and oxygen atoms in total. The summed E-state index contributed by atoms with van der Waals surface area (Å²) < 4.78 is 30.0. The smallest absolute Gasteiger partial charge is 0.216 e. The van der Waals surface area contributed by atoms with Gasteiger partial charge < -0.3 is 5.32 Å². The quantitative estimate of drug-likeness (QED) is 0.905. The van der Waals surface area contributed by atoms with Crippen molar-refractivity contribution in [3.8, 4) is 0 Å². The molecule has 1 aliphatic heterocycles. The predicted molar refractivity (Wildman–Crippen MR) is 74.8 cm³/mol. The van der Waals surface area contributed by atoms with Gasteiger partial charge in [0.05, 0.1) is 5.25 Å². The van der Waals surface area contributed by atoms with Crippen LogP contribution in [-0.2, 0) is 10.0 Å². The van der Waals surface area contributed by atoms with Crippen LogP contribution in [0.3, 0.4) is 0 Å². The van der Waals surface area contributed by atoms with Gasteiger partial charge in [-0.3, -0.25) is 0 Å². The second kappa shape index (κ2) is 4.99. The van der Waals surface area contributed by atoms with Crippen LogP contribution in [0.5, 0.6) is 0 Å². The van der Waals surface area contributed by atoms with Crippen LogP contribution < -0.4 is 5.32 Å². The van der Waals surface area contributed by atoms with Crippen molar-refractivity contribution in [2.45, 2.75) is 43.9 Å². The summed E-state index contributed by atoms with van der Waals surface area (Å²) in [5.41, 5.74) is 0. The van der Waals surface area contributed by atoms with Crippen molar-refractivity contribution in [1.82, 2.24) is 13.7 Å². The summed E-state index contributed by atoms with van der Waals surface area (Å²) in [6.45, 7) is 3.11. The molecule has 2 fully saturated rings. The van der Waals surface area contributed by atoms with E-state index in [4.69, 9.17) is 0 Å². The summed E-state index contributed by atoms with van der Waals surface area (Å²) in [6.07, 6.45) is 3.35. The zero-order chi connectivity index (χ0) is 13.5. The van der Waals surface area contributed by atoms with Crippen molar-refractivity contribution in [3.05, 3.63) is 5.82 Å². The van der Waals surface area contributed by atoms with Crippen molar-refractivity contribution in [2.75, 3.05) is 18.4 Å². The van der Waals surface area contributed by atoms with Crippen LogP contribution in [0.4, 0.5) is 5.13 Å². The van der Waals surface area contributed by atoms with Gasteiger partial charge in [0.1, 0.15) is 5.82 Å². The van der Waals surface area contributed by atoms with E-state index in [0.717, 1.165) is 36.6 Å². The third kappa shape index (κ3) is 2.90. The Morgan fingerprint density at radius 2 is 1.95 bits per heavy atom. The normalized spacial score (nSPS) is 22.6. The maximum atomic E-state index is 12.1. The highest BCUT2D eigenvalue weighted by Gasteiger charge is 2.41. The summed E-state index contributed by atoms with van der Waals surface area (Å²) in [5.74, 6) is 0.779. The number of nitrogens with zero attached hydrogens (tertiary/aromatic N) is 3. The molecule has 1 saturated heterocycles. The van der Waals surface area contributed by atoms with Gasteiger partial charge in [-0.2, -0.15) is 4.37 Å². The zero-order valence-corrected chi connectivity index (χ0v) is 12.5. The third-order valence-corrected chi connectivity index (χ3v) is 6.75. The molecule has 0 bridgehead atoms. The minimum Gasteiger partial charge on any atom is -0.357 e. The third-order valence-electron chi connectivity index (χ3n) is 3.61. The van der Waals surface area contributed by atoms with E-state index in [0.29, 0.717) is 19.1 Å². The minimum atomic E-state index is -3.00. The van der Waals surface area contributed by atoms with Crippen LogP contribution in [-0.4, -0.2) is 46.5 Å². The van der Waals surface area contributed by atoms with Crippen LogP contribution in [0.2, 0.25) is 0 Å². The molecule has 0 atom stereocenters. The Balaban J connectivity index is 1.54. The molecular weight excluding hydrogens is 284 g/mol. The fourth-order valence-corrected chi connectivity index (χ4v) is 4.89. The molecule has 1 saturated carbocycles. The Labute approximate surface area is 117 Å². The van der Waals surface area contributed by atoms with Crippen molar-refractivity contribution < 1.29 is 8.42 Å². The first-order valence-corrected chi connectivity index (χ1v) is 8.89. The van der Waals surface area contributed by atoms with Gasteiger partial charge in [0.15, 0.2) is 0 Å². The number of aromatic nitrogens is 2. The lowest BCUT2D eigenvalue weighted by Crippen LogP contribution is -2.43. The van der Waals surface area contributed by atoms with E-state index in [2.05, 4.69) is 14.7 Å². The van der Waals surface area contributed by atoms with Gasteiger partial charge in [-0.15, -0.1) is 0 Å². The molecule has 106 valence electrons. The average molecular weight is 302 g/mol. The maximum Gasteiger partial charge on any atom is 0.216 e. The van der Waals surface area contributed by atoms with E-state index < -0.39 is 10.0 Å². The van der Waals surface area contributed by atoms with Gasteiger partial charge >= 0.3 is 0 Å². The zero-order valence-electron chi connectivity index (χ0n) is 10.9. The van der Waals surface area contributed by atoms with E-state index in [9.17, 15) is 8.42 Å². The number of anilines is 1. The highest BCUT2D eigenvalue weighted by Crippen LogP contribution is 2.32. The van der Waals surface area contributed by atoms with Crippen LogP contribution >= 0.6 is 11.5 Å². The number of nitrogens with one attached hydrogen (secondary N) is 1. The van der Waals surface area contributed by atoms with Gasteiger partial charge in [-0.1, -0.05) is 0 Å². The second-order valence-electron chi connectivity index (χ2n) is 5.21. The molecule has 2 aliphatic rings. The maximum absolute atomic E-state index is 12.1. The average Bonchev–Trinajstić information content (AvgIpc) is 3.16. The molecule has 0 aromatic carbocycles.